The van der Waals surface area contributed by atoms with Gasteiger partial charge in [0.2, 0.25) is 0 Å². The van der Waals surface area contributed by atoms with Crippen molar-refractivity contribution in [2.24, 2.45) is 0 Å². The van der Waals surface area contributed by atoms with Crippen LogP contribution >= 0.6 is 12.2 Å². The van der Waals surface area contributed by atoms with Crippen molar-refractivity contribution in [3.8, 4) is 0 Å². The summed E-state index contributed by atoms with van der Waals surface area (Å²) >= 11 is 4.79. The van der Waals surface area contributed by atoms with Gasteiger partial charge in [-0.05, 0) is 24.4 Å². The Bertz CT molecular complexity index is 698. The fourth-order valence-corrected chi connectivity index (χ4v) is 1.64. The second-order valence-electron chi connectivity index (χ2n) is 3.60. The summed E-state index contributed by atoms with van der Waals surface area (Å²) in [6, 6.07) is 15.6. The molecule has 0 atom stereocenters. The maximum atomic E-state index is 10.0. The largest absolute Gasteiger partial charge is 0.429 e. The van der Waals surface area contributed by atoms with Gasteiger partial charge in [-0.15, -0.1) is 0 Å². The summed E-state index contributed by atoms with van der Waals surface area (Å²) in [4.78, 5) is 12.9. The molecule has 1 N–H and O–H groups in total. The van der Waals surface area contributed by atoms with Gasteiger partial charge in [0.15, 0.2) is 5.58 Å². The van der Waals surface area contributed by atoms with E-state index < -0.39 is 4.92 Å². The van der Waals surface area contributed by atoms with Crippen LogP contribution in [0.3, 0.4) is 0 Å². The smallest absolute Gasteiger partial charge is 0.269 e. The second kappa shape index (κ2) is 5.92. The summed E-state index contributed by atoms with van der Waals surface area (Å²) in [5, 5.41) is 10.0. The molecule has 1 heterocycles. The molecule has 0 unspecified atom stereocenters. The van der Waals surface area contributed by atoms with Crippen LogP contribution in [0.2, 0.25) is 0 Å². The van der Waals surface area contributed by atoms with Crippen LogP contribution in [0.1, 0.15) is 0 Å². The molecule has 6 heteroatoms. The second-order valence-corrected chi connectivity index (χ2v) is 3.97. The van der Waals surface area contributed by atoms with Crippen molar-refractivity contribution in [3.63, 3.8) is 0 Å². The van der Waals surface area contributed by atoms with E-state index in [-0.39, 0.29) is 5.69 Å². The molecule has 2 aromatic carbocycles. The first-order valence-electron chi connectivity index (χ1n) is 5.44. The number of nitro groups is 1. The molecular formula is C13H10N2O3S. The zero-order valence-electron chi connectivity index (χ0n) is 9.78. The molecule has 0 radical (unpaired) electrons. The lowest BCUT2D eigenvalue weighted by Crippen LogP contribution is -1.84. The monoisotopic (exact) mass is 274 g/mol. The molecule has 0 amide bonds. The topological polar surface area (TPSA) is 72.1 Å². The van der Waals surface area contributed by atoms with Crippen LogP contribution < -0.4 is 0 Å². The third-order valence-corrected chi connectivity index (χ3v) is 2.48. The molecule has 96 valence electrons. The fraction of sp³-hybridized carbons (Fsp3) is 0. The highest BCUT2D eigenvalue weighted by atomic mass is 32.1. The van der Waals surface area contributed by atoms with Crippen LogP contribution in [0, 0.1) is 15.0 Å². The fourth-order valence-electron chi connectivity index (χ4n) is 1.44. The summed E-state index contributed by atoms with van der Waals surface area (Å²) in [6.07, 6.45) is 0. The number of fused-ring (bicyclic) bond motifs is 1. The number of oxazole rings is 1. The first-order valence-corrected chi connectivity index (χ1v) is 5.85. The summed E-state index contributed by atoms with van der Waals surface area (Å²) in [5.41, 5.74) is 1.90. The zero-order chi connectivity index (χ0) is 13.7. The minimum absolute atomic E-state index is 0.137. The van der Waals surface area contributed by atoms with Crippen molar-refractivity contribution >= 4 is 29.0 Å². The van der Waals surface area contributed by atoms with Crippen molar-refractivity contribution in [3.05, 3.63) is 69.5 Å². The van der Waals surface area contributed by atoms with Crippen LogP contribution in [0.4, 0.5) is 5.69 Å². The number of hydrogen-bond donors (Lipinski definition) is 1. The summed E-state index contributed by atoms with van der Waals surface area (Å²) in [7, 11) is 0. The van der Waals surface area contributed by atoms with Crippen LogP contribution in [0.5, 0.6) is 0 Å². The van der Waals surface area contributed by atoms with E-state index in [0.717, 1.165) is 11.1 Å². The summed E-state index contributed by atoms with van der Waals surface area (Å²) < 4.78 is 5.13. The van der Waals surface area contributed by atoms with Gasteiger partial charge in [-0.3, -0.25) is 10.1 Å². The summed E-state index contributed by atoms with van der Waals surface area (Å²) in [5.74, 6) is 0. The number of aromatic amines is 1. The van der Waals surface area contributed by atoms with Crippen molar-refractivity contribution in [1.29, 1.82) is 0 Å². The molecular weight excluding hydrogens is 264 g/mol. The number of nitrogens with zero attached hydrogens (tertiary/aromatic N) is 1. The maximum absolute atomic E-state index is 10.0. The third-order valence-electron chi connectivity index (χ3n) is 2.29. The highest BCUT2D eigenvalue weighted by Crippen LogP contribution is 2.11. The van der Waals surface area contributed by atoms with Crippen LogP contribution in [-0.2, 0) is 0 Å². The number of para-hydroxylation sites is 3. The van der Waals surface area contributed by atoms with Gasteiger partial charge in [0, 0.05) is 12.1 Å². The normalized spacial score (nSPS) is 9.68. The standard InChI is InChI=1S/C7H5NOS.C6H5NO2/c10-7-8-5-3-1-2-4-6(5)9-7;8-7(9)6-4-2-1-3-5-6/h1-4H,(H,8,10);1-5H. The SMILES string of the molecule is O=[N+]([O-])c1ccccc1.S=c1[nH]c2ccccc2o1. The lowest BCUT2D eigenvalue weighted by atomic mass is 10.3. The van der Waals surface area contributed by atoms with Crippen molar-refractivity contribution in [2.45, 2.75) is 0 Å². The molecule has 0 saturated carbocycles. The number of aromatic nitrogens is 1. The van der Waals surface area contributed by atoms with E-state index in [2.05, 4.69) is 4.98 Å². The third kappa shape index (κ3) is 3.49. The van der Waals surface area contributed by atoms with E-state index in [1.54, 1.807) is 18.2 Å². The quantitative estimate of drug-likeness (QED) is 0.412. The van der Waals surface area contributed by atoms with E-state index in [1.165, 1.54) is 12.1 Å². The zero-order valence-corrected chi connectivity index (χ0v) is 10.6. The van der Waals surface area contributed by atoms with Gasteiger partial charge in [-0.2, -0.15) is 0 Å². The Morgan fingerprint density at radius 2 is 1.68 bits per heavy atom. The molecule has 0 bridgehead atoms. The van der Waals surface area contributed by atoms with Gasteiger partial charge >= 0.3 is 0 Å². The molecule has 3 rings (SSSR count). The Labute approximate surface area is 113 Å². The van der Waals surface area contributed by atoms with Gasteiger partial charge < -0.3 is 9.40 Å². The lowest BCUT2D eigenvalue weighted by molar-refractivity contribution is -0.384. The van der Waals surface area contributed by atoms with E-state index in [1.807, 2.05) is 24.3 Å². The average molecular weight is 274 g/mol. The van der Waals surface area contributed by atoms with Crippen molar-refractivity contribution in [1.82, 2.24) is 4.98 Å². The molecule has 5 nitrogen and oxygen atoms in total. The molecule has 0 saturated heterocycles. The molecule has 0 spiro atoms. The molecule has 0 fully saturated rings. The van der Waals surface area contributed by atoms with Crippen molar-refractivity contribution in [2.75, 3.05) is 0 Å². The Kier molecular flexibility index (Phi) is 4.04. The molecule has 1 aromatic heterocycles. The van der Waals surface area contributed by atoms with Gasteiger partial charge in [0.05, 0.1) is 10.4 Å². The molecule has 0 aliphatic rings. The first kappa shape index (κ1) is 13.0. The highest BCUT2D eigenvalue weighted by molar-refractivity contribution is 7.71. The molecule has 19 heavy (non-hydrogen) atoms. The van der Waals surface area contributed by atoms with Crippen LogP contribution in [0.25, 0.3) is 11.1 Å². The molecule has 0 aliphatic heterocycles. The van der Waals surface area contributed by atoms with E-state index in [0.29, 0.717) is 4.84 Å². The number of H-pyrrole nitrogens is 1. The Morgan fingerprint density at radius 3 is 2.26 bits per heavy atom. The lowest BCUT2D eigenvalue weighted by Gasteiger charge is -1.85. The number of rotatable bonds is 1. The van der Waals surface area contributed by atoms with Crippen LogP contribution in [0.15, 0.2) is 59.0 Å². The van der Waals surface area contributed by atoms with Gasteiger partial charge in [0.1, 0.15) is 0 Å². The van der Waals surface area contributed by atoms with Gasteiger partial charge in [-0.1, -0.05) is 30.3 Å². The molecule has 3 aromatic rings. The average Bonchev–Trinajstić information content (AvgIpc) is 2.80. The van der Waals surface area contributed by atoms with Gasteiger partial charge in [0.25, 0.3) is 10.5 Å². The predicted molar refractivity (Wildman–Crippen MR) is 74.5 cm³/mol. The minimum atomic E-state index is -0.417. The first-order chi connectivity index (χ1) is 9.16. The number of benzene rings is 2. The number of hydrogen-bond acceptors (Lipinski definition) is 4. The van der Waals surface area contributed by atoms with E-state index in [9.17, 15) is 10.1 Å². The van der Waals surface area contributed by atoms with E-state index >= 15 is 0 Å². The Balaban J connectivity index is 0.000000141. The highest BCUT2D eigenvalue weighted by Gasteiger charge is 1.98. The van der Waals surface area contributed by atoms with Gasteiger partial charge in [-0.25, -0.2) is 0 Å². The Morgan fingerprint density at radius 1 is 1.05 bits per heavy atom. The predicted octanol–water partition coefficient (Wildman–Crippen LogP) is 4.09. The number of non-ortho nitro benzene ring substituents is 1. The maximum Gasteiger partial charge on any atom is 0.269 e. The van der Waals surface area contributed by atoms with Crippen LogP contribution in [-0.4, -0.2) is 9.91 Å². The number of nitrogens with one attached hydrogen (secondary N) is 1. The minimum Gasteiger partial charge on any atom is -0.429 e. The molecule has 0 aliphatic carbocycles. The van der Waals surface area contributed by atoms with E-state index in [4.69, 9.17) is 16.6 Å². The van der Waals surface area contributed by atoms with Crippen molar-refractivity contribution < 1.29 is 9.34 Å². The Hall–Kier alpha value is -2.47. The number of nitro benzene ring substituents is 1. The summed E-state index contributed by atoms with van der Waals surface area (Å²) in [6.45, 7) is 0.